The quantitative estimate of drug-likeness (QED) is 0.870. The smallest absolute Gasteiger partial charge is 0.246 e. The topological polar surface area (TPSA) is 41.1 Å². The summed E-state index contributed by atoms with van der Waals surface area (Å²) in [5.74, 6) is -0.0356. The molecule has 0 aromatic heterocycles. The first-order valence-electron chi connectivity index (χ1n) is 7.32. The molecule has 3 heteroatoms. The zero-order valence-corrected chi connectivity index (χ0v) is 12.8. The lowest BCUT2D eigenvalue weighted by Gasteiger charge is -2.17. The summed E-state index contributed by atoms with van der Waals surface area (Å²) < 4.78 is 0. The molecule has 2 aromatic carbocycles. The first kappa shape index (κ1) is 15.1. The van der Waals surface area contributed by atoms with Crippen LogP contribution in [-0.4, -0.2) is 11.9 Å². The van der Waals surface area contributed by atoms with Crippen molar-refractivity contribution in [3.63, 3.8) is 0 Å². The lowest BCUT2D eigenvalue weighted by Crippen LogP contribution is -2.32. The number of benzene rings is 2. The number of amides is 1. The monoisotopic (exact) mass is 282 g/mol. The molecule has 110 valence electrons. The Morgan fingerprint density at radius 1 is 1.14 bits per heavy atom. The van der Waals surface area contributed by atoms with E-state index in [9.17, 15) is 4.79 Å². The van der Waals surface area contributed by atoms with Crippen molar-refractivity contribution in [2.45, 2.75) is 33.2 Å². The number of hydrogen-bond acceptors (Lipinski definition) is 2. The molecule has 0 spiro atoms. The third-order valence-corrected chi connectivity index (χ3v) is 3.45. The van der Waals surface area contributed by atoms with Crippen LogP contribution in [0.15, 0.2) is 48.5 Å². The highest BCUT2D eigenvalue weighted by atomic mass is 16.2. The summed E-state index contributed by atoms with van der Waals surface area (Å²) in [7, 11) is 0. The van der Waals surface area contributed by atoms with Gasteiger partial charge < -0.3 is 10.6 Å². The zero-order valence-electron chi connectivity index (χ0n) is 12.8. The fourth-order valence-electron chi connectivity index (χ4n) is 2.24. The van der Waals surface area contributed by atoms with E-state index < -0.39 is 0 Å². The van der Waals surface area contributed by atoms with Crippen LogP contribution in [0.2, 0.25) is 0 Å². The molecular formula is C18H22N2O. The number of para-hydroxylation sites is 1. The van der Waals surface area contributed by atoms with Gasteiger partial charge in [0.15, 0.2) is 0 Å². The van der Waals surface area contributed by atoms with Crippen molar-refractivity contribution in [3.05, 3.63) is 59.7 Å². The average Bonchev–Trinajstić information content (AvgIpc) is 2.47. The Morgan fingerprint density at radius 2 is 1.90 bits per heavy atom. The molecule has 0 saturated carbocycles. The molecule has 0 aliphatic rings. The van der Waals surface area contributed by atoms with Gasteiger partial charge in [0.25, 0.3) is 0 Å². The molecule has 0 unspecified atom stereocenters. The minimum Gasteiger partial charge on any atom is -0.374 e. The number of rotatable bonds is 5. The van der Waals surface area contributed by atoms with E-state index in [0.29, 0.717) is 0 Å². The van der Waals surface area contributed by atoms with Gasteiger partial charge in [0.1, 0.15) is 6.04 Å². The number of hydrogen-bond donors (Lipinski definition) is 2. The van der Waals surface area contributed by atoms with E-state index in [0.717, 1.165) is 23.4 Å². The van der Waals surface area contributed by atoms with Crippen LogP contribution >= 0.6 is 0 Å². The fraction of sp³-hybridized carbons (Fsp3) is 0.278. The highest BCUT2D eigenvalue weighted by molar-refractivity contribution is 5.96. The first-order chi connectivity index (χ1) is 10.1. The minimum atomic E-state index is -0.293. The summed E-state index contributed by atoms with van der Waals surface area (Å²) in [6.07, 6.45) is 0.940. The minimum absolute atomic E-state index is 0.0356. The maximum absolute atomic E-state index is 12.3. The molecule has 0 fully saturated rings. The standard InChI is InChI=1S/C18H22N2O/c1-4-15-9-5-6-11-17(15)19-14(3)18(21)20-16-10-7-8-13(2)12-16/h5-12,14,19H,4H2,1-3H3,(H,20,21)/t14-/m0/s1. The van der Waals surface area contributed by atoms with E-state index in [1.54, 1.807) is 0 Å². The maximum Gasteiger partial charge on any atom is 0.246 e. The van der Waals surface area contributed by atoms with Crippen LogP contribution in [0.4, 0.5) is 11.4 Å². The SMILES string of the molecule is CCc1ccccc1N[C@@H](C)C(=O)Nc1cccc(C)c1. The van der Waals surface area contributed by atoms with Gasteiger partial charge in [-0.15, -0.1) is 0 Å². The lowest BCUT2D eigenvalue weighted by molar-refractivity contribution is -0.116. The molecule has 21 heavy (non-hydrogen) atoms. The summed E-state index contributed by atoms with van der Waals surface area (Å²) in [6, 6.07) is 15.6. The Balaban J connectivity index is 2.02. The van der Waals surface area contributed by atoms with Crippen LogP contribution in [0.5, 0.6) is 0 Å². The number of carbonyl (C=O) groups is 1. The van der Waals surface area contributed by atoms with Gasteiger partial charge in [-0.3, -0.25) is 4.79 Å². The Bertz CT molecular complexity index is 622. The van der Waals surface area contributed by atoms with Crippen molar-refractivity contribution in [1.29, 1.82) is 0 Å². The summed E-state index contributed by atoms with van der Waals surface area (Å²) >= 11 is 0. The van der Waals surface area contributed by atoms with Gasteiger partial charge in [-0.2, -0.15) is 0 Å². The summed E-state index contributed by atoms with van der Waals surface area (Å²) in [5.41, 5.74) is 4.20. The van der Waals surface area contributed by atoms with E-state index in [4.69, 9.17) is 0 Å². The second kappa shape index (κ2) is 6.93. The normalized spacial score (nSPS) is 11.8. The summed E-state index contributed by atoms with van der Waals surface area (Å²) in [6.45, 7) is 5.99. The van der Waals surface area contributed by atoms with E-state index in [-0.39, 0.29) is 11.9 Å². The molecule has 0 aliphatic heterocycles. The Hall–Kier alpha value is -2.29. The van der Waals surface area contributed by atoms with Crippen LogP contribution in [0, 0.1) is 6.92 Å². The van der Waals surface area contributed by atoms with Crippen LogP contribution < -0.4 is 10.6 Å². The van der Waals surface area contributed by atoms with Gasteiger partial charge in [0.05, 0.1) is 0 Å². The molecule has 0 bridgehead atoms. The molecule has 3 nitrogen and oxygen atoms in total. The van der Waals surface area contributed by atoms with Gasteiger partial charge in [0, 0.05) is 11.4 Å². The van der Waals surface area contributed by atoms with Crippen LogP contribution in [-0.2, 0) is 11.2 Å². The van der Waals surface area contributed by atoms with Crippen molar-refractivity contribution in [3.8, 4) is 0 Å². The van der Waals surface area contributed by atoms with E-state index >= 15 is 0 Å². The highest BCUT2D eigenvalue weighted by Crippen LogP contribution is 2.17. The number of anilines is 2. The van der Waals surface area contributed by atoms with Gasteiger partial charge >= 0.3 is 0 Å². The fourth-order valence-corrected chi connectivity index (χ4v) is 2.24. The van der Waals surface area contributed by atoms with Crippen molar-refractivity contribution < 1.29 is 4.79 Å². The van der Waals surface area contributed by atoms with Crippen molar-refractivity contribution >= 4 is 17.3 Å². The number of nitrogens with one attached hydrogen (secondary N) is 2. The third kappa shape index (κ3) is 4.09. The van der Waals surface area contributed by atoms with Crippen molar-refractivity contribution in [2.24, 2.45) is 0 Å². The van der Waals surface area contributed by atoms with E-state index in [2.05, 4.69) is 23.6 Å². The molecule has 1 atom stereocenters. The molecule has 2 N–H and O–H groups in total. The average molecular weight is 282 g/mol. The Morgan fingerprint density at radius 3 is 2.62 bits per heavy atom. The van der Waals surface area contributed by atoms with Crippen LogP contribution in [0.1, 0.15) is 25.0 Å². The van der Waals surface area contributed by atoms with Gasteiger partial charge in [-0.05, 0) is 49.6 Å². The van der Waals surface area contributed by atoms with Crippen LogP contribution in [0.25, 0.3) is 0 Å². The molecule has 0 heterocycles. The number of aryl methyl sites for hydroxylation is 2. The molecule has 0 saturated heterocycles. The highest BCUT2D eigenvalue weighted by Gasteiger charge is 2.13. The molecule has 2 aromatic rings. The van der Waals surface area contributed by atoms with E-state index in [1.165, 1.54) is 5.56 Å². The molecular weight excluding hydrogens is 260 g/mol. The lowest BCUT2D eigenvalue weighted by atomic mass is 10.1. The number of carbonyl (C=O) groups excluding carboxylic acids is 1. The van der Waals surface area contributed by atoms with Crippen molar-refractivity contribution in [2.75, 3.05) is 10.6 Å². The molecule has 2 rings (SSSR count). The zero-order chi connectivity index (χ0) is 15.2. The largest absolute Gasteiger partial charge is 0.374 e. The van der Waals surface area contributed by atoms with Gasteiger partial charge in [0.2, 0.25) is 5.91 Å². The van der Waals surface area contributed by atoms with Crippen LogP contribution in [0.3, 0.4) is 0 Å². The third-order valence-electron chi connectivity index (χ3n) is 3.45. The summed E-state index contributed by atoms with van der Waals surface area (Å²) in [4.78, 5) is 12.3. The van der Waals surface area contributed by atoms with Gasteiger partial charge in [-0.1, -0.05) is 37.3 Å². The second-order valence-corrected chi connectivity index (χ2v) is 5.24. The predicted octanol–water partition coefficient (Wildman–Crippen LogP) is 4.00. The molecule has 0 radical (unpaired) electrons. The van der Waals surface area contributed by atoms with Gasteiger partial charge in [-0.25, -0.2) is 0 Å². The maximum atomic E-state index is 12.3. The predicted molar refractivity (Wildman–Crippen MR) is 88.7 cm³/mol. The van der Waals surface area contributed by atoms with E-state index in [1.807, 2.05) is 56.3 Å². The van der Waals surface area contributed by atoms with Crippen molar-refractivity contribution in [1.82, 2.24) is 0 Å². The Kier molecular flexibility index (Phi) is 4.99. The second-order valence-electron chi connectivity index (χ2n) is 5.24. The molecule has 1 amide bonds. The Labute approximate surface area is 126 Å². The summed E-state index contributed by atoms with van der Waals surface area (Å²) in [5, 5.41) is 6.22. The first-order valence-corrected chi connectivity index (χ1v) is 7.32. The molecule has 0 aliphatic carbocycles.